The second-order valence-electron chi connectivity index (χ2n) is 4.44. The van der Waals surface area contributed by atoms with Crippen LogP contribution in [0.3, 0.4) is 0 Å². The minimum Gasteiger partial charge on any atom is -0.469 e. The number of carbonyl (C=O) groups is 3. The van der Waals surface area contributed by atoms with Gasteiger partial charge in [0.1, 0.15) is 6.10 Å². The van der Waals surface area contributed by atoms with Gasteiger partial charge in [-0.25, -0.2) is 0 Å². The summed E-state index contributed by atoms with van der Waals surface area (Å²) in [5.41, 5.74) is 0. The molecule has 1 rings (SSSR count). The quantitative estimate of drug-likeness (QED) is 0.552. The minimum atomic E-state index is -0.924. The summed E-state index contributed by atoms with van der Waals surface area (Å²) in [5.74, 6) is -3.24. The number of hydrogen-bond acceptors (Lipinski definition) is 7. The summed E-state index contributed by atoms with van der Waals surface area (Å²) >= 11 is 0. The molecule has 0 heterocycles. The molecule has 7 heteroatoms. The first-order chi connectivity index (χ1) is 8.90. The van der Waals surface area contributed by atoms with Gasteiger partial charge in [-0.2, -0.15) is 0 Å². The molecule has 0 aromatic carbocycles. The molecule has 1 saturated carbocycles. The lowest BCUT2D eigenvalue weighted by Gasteiger charge is -2.21. The van der Waals surface area contributed by atoms with E-state index < -0.39 is 42.0 Å². The fourth-order valence-corrected chi connectivity index (χ4v) is 2.41. The van der Waals surface area contributed by atoms with Gasteiger partial charge in [-0.05, 0) is 0 Å². The van der Waals surface area contributed by atoms with Crippen LogP contribution in [0.2, 0.25) is 0 Å². The van der Waals surface area contributed by atoms with E-state index in [-0.39, 0.29) is 12.8 Å². The number of aliphatic hydroxyl groups is 1. The second-order valence-corrected chi connectivity index (χ2v) is 4.44. The van der Waals surface area contributed by atoms with Crippen LogP contribution >= 0.6 is 0 Å². The predicted molar refractivity (Wildman–Crippen MR) is 61.8 cm³/mol. The summed E-state index contributed by atoms with van der Waals surface area (Å²) in [4.78, 5) is 34.1. The molecule has 0 bridgehead atoms. The number of rotatable bonds is 4. The molecule has 108 valence electrons. The zero-order chi connectivity index (χ0) is 14.6. The van der Waals surface area contributed by atoms with Crippen molar-refractivity contribution in [2.75, 3.05) is 14.2 Å². The first-order valence-corrected chi connectivity index (χ1v) is 5.90. The van der Waals surface area contributed by atoms with Gasteiger partial charge in [0.25, 0.3) is 0 Å². The van der Waals surface area contributed by atoms with Crippen LogP contribution in [0.5, 0.6) is 0 Å². The highest BCUT2D eigenvalue weighted by Crippen LogP contribution is 2.37. The third kappa shape index (κ3) is 3.66. The maximum atomic E-state index is 11.8. The van der Waals surface area contributed by atoms with E-state index in [4.69, 9.17) is 4.74 Å². The smallest absolute Gasteiger partial charge is 0.312 e. The van der Waals surface area contributed by atoms with Crippen molar-refractivity contribution in [3.63, 3.8) is 0 Å². The molecule has 1 aliphatic carbocycles. The van der Waals surface area contributed by atoms with Crippen LogP contribution in [0, 0.1) is 11.8 Å². The van der Waals surface area contributed by atoms with Crippen molar-refractivity contribution in [1.29, 1.82) is 0 Å². The van der Waals surface area contributed by atoms with Gasteiger partial charge >= 0.3 is 17.9 Å². The summed E-state index contributed by atoms with van der Waals surface area (Å²) in [6, 6.07) is 0. The fourth-order valence-electron chi connectivity index (χ4n) is 2.41. The molecule has 1 fully saturated rings. The van der Waals surface area contributed by atoms with E-state index >= 15 is 0 Å². The summed E-state index contributed by atoms with van der Waals surface area (Å²) in [7, 11) is 2.42. The molecule has 1 aliphatic rings. The number of carbonyl (C=O) groups excluding carboxylic acids is 3. The Hall–Kier alpha value is -1.63. The molecule has 19 heavy (non-hydrogen) atoms. The molecular weight excluding hydrogens is 256 g/mol. The van der Waals surface area contributed by atoms with E-state index in [2.05, 4.69) is 9.47 Å². The van der Waals surface area contributed by atoms with E-state index in [1.807, 2.05) is 0 Å². The minimum absolute atomic E-state index is 0.0982. The van der Waals surface area contributed by atoms with Gasteiger partial charge in [0.2, 0.25) is 0 Å². The molecule has 0 unspecified atom stereocenters. The Morgan fingerprint density at radius 1 is 1.21 bits per heavy atom. The van der Waals surface area contributed by atoms with Gasteiger partial charge in [0, 0.05) is 19.3 Å². The molecule has 0 spiro atoms. The fraction of sp³-hybridized carbons (Fsp3) is 0.750. The van der Waals surface area contributed by atoms with Crippen molar-refractivity contribution in [1.82, 2.24) is 0 Å². The summed E-state index contributed by atoms with van der Waals surface area (Å²) < 4.78 is 14.2. The van der Waals surface area contributed by atoms with Crippen molar-refractivity contribution in [3.05, 3.63) is 0 Å². The van der Waals surface area contributed by atoms with E-state index in [1.165, 1.54) is 21.1 Å². The predicted octanol–water partition coefficient (Wildman–Crippen LogP) is -0.349. The van der Waals surface area contributed by atoms with Crippen molar-refractivity contribution in [2.45, 2.75) is 32.0 Å². The molecule has 0 saturated heterocycles. The van der Waals surface area contributed by atoms with Crippen LogP contribution in [0.1, 0.15) is 19.8 Å². The lowest BCUT2D eigenvalue weighted by atomic mass is 9.90. The third-order valence-corrected chi connectivity index (χ3v) is 3.25. The van der Waals surface area contributed by atoms with Crippen LogP contribution in [0.25, 0.3) is 0 Å². The van der Waals surface area contributed by atoms with Crippen LogP contribution in [-0.2, 0) is 28.6 Å². The molecule has 0 radical (unpaired) electrons. The van der Waals surface area contributed by atoms with E-state index in [1.54, 1.807) is 0 Å². The summed E-state index contributed by atoms with van der Waals surface area (Å²) in [6.07, 6.45) is -1.74. The molecular formula is C12H18O7. The van der Waals surface area contributed by atoms with Crippen LogP contribution < -0.4 is 0 Å². The van der Waals surface area contributed by atoms with Crippen molar-refractivity contribution in [2.24, 2.45) is 11.8 Å². The first kappa shape index (κ1) is 15.4. The molecule has 0 aliphatic heterocycles. The lowest BCUT2D eigenvalue weighted by molar-refractivity contribution is -0.159. The van der Waals surface area contributed by atoms with Gasteiger partial charge < -0.3 is 19.3 Å². The average molecular weight is 274 g/mol. The Bertz CT molecular complexity index is 365. The molecule has 4 atom stereocenters. The largest absolute Gasteiger partial charge is 0.469 e. The molecule has 0 aromatic heterocycles. The van der Waals surface area contributed by atoms with E-state index in [9.17, 15) is 19.5 Å². The maximum Gasteiger partial charge on any atom is 0.312 e. The van der Waals surface area contributed by atoms with Crippen molar-refractivity contribution >= 4 is 17.9 Å². The monoisotopic (exact) mass is 274 g/mol. The van der Waals surface area contributed by atoms with Gasteiger partial charge in [-0.1, -0.05) is 0 Å². The van der Waals surface area contributed by atoms with Crippen molar-refractivity contribution < 1.29 is 33.7 Å². The average Bonchev–Trinajstić information content (AvgIpc) is 2.64. The van der Waals surface area contributed by atoms with Gasteiger partial charge in [0.15, 0.2) is 0 Å². The SMILES string of the molecule is COC(=O)C[C@@H]1[C@@H](C(=O)OC)[C@H](OC(C)=O)C[C@H]1O. The van der Waals surface area contributed by atoms with Gasteiger partial charge in [0.05, 0.1) is 32.7 Å². The molecule has 1 N–H and O–H groups in total. The number of esters is 3. The highest BCUT2D eigenvalue weighted by Gasteiger charge is 2.49. The lowest BCUT2D eigenvalue weighted by Crippen LogP contribution is -2.34. The Kier molecular flexibility index (Phi) is 5.29. The number of ether oxygens (including phenoxy) is 3. The summed E-state index contributed by atoms with van der Waals surface area (Å²) in [6.45, 7) is 1.22. The van der Waals surface area contributed by atoms with Gasteiger partial charge in [-0.15, -0.1) is 0 Å². The van der Waals surface area contributed by atoms with Crippen LogP contribution in [0.15, 0.2) is 0 Å². The van der Waals surface area contributed by atoms with E-state index in [0.29, 0.717) is 0 Å². The van der Waals surface area contributed by atoms with Crippen LogP contribution in [-0.4, -0.2) is 49.4 Å². The van der Waals surface area contributed by atoms with Crippen LogP contribution in [0.4, 0.5) is 0 Å². The van der Waals surface area contributed by atoms with E-state index in [0.717, 1.165) is 0 Å². The number of hydrogen-bond donors (Lipinski definition) is 1. The zero-order valence-electron chi connectivity index (χ0n) is 11.1. The molecule has 0 aromatic rings. The Morgan fingerprint density at radius 2 is 1.84 bits per heavy atom. The second kappa shape index (κ2) is 6.51. The van der Waals surface area contributed by atoms with Crippen molar-refractivity contribution in [3.8, 4) is 0 Å². The Balaban J connectivity index is 2.89. The zero-order valence-corrected chi connectivity index (χ0v) is 11.1. The highest BCUT2D eigenvalue weighted by atomic mass is 16.6. The number of aliphatic hydroxyl groups excluding tert-OH is 1. The highest BCUT2D eigenvalue weighted by molar-refractivity contribution is 5.77. The third-order valence-electron chi connectivity index (χ3n) is 3.25. The Morgan fingerprint density at radius 3 is 2.32 bits per heavy atom. The standard InChI is InChI=1S/C12H18O7/c1-6(13)19-9-5-8(14)7(4-10(15)17-2)11(9)12(16)18-3/h7-9,11,14H,4-5H2,1-3H3/t7-,8+,9+,11+/m0/s1. The molecule has 7 nitrogen and oxygen atoms in total. The maximum absolute atomic E-state index is 11.8. The topological polar surface area (TPSA) is 99.1 Å². The number of methoxy groups -OCH3 is 2. The molecule has 0 amide bonds. The van der Waals surface area contributed by atoms with Gasteiger partial charge in [-0.3, -0.25) is 14.4 Å². The first-order valence-electron chi connectivity index (χ1n) is 5.90. The summed E-state index contributed by atoms with van der Waals surface area (Å²) in [5, 5.41) is 9.92. The normalized spacial score (nSPS) is 29.7. The Labute approximate surface area is 110 Å².